The molecule has 0 fully saturated rings. The average Bonchev–Trinajstić information content (AvgIpc) is 2.40. The molecular weight excluding hydrogens is 280 g/mol. The number of ether oxygens (including phenoxy) is 1. The van der Waals surface area contributed by atoms with E-state index in [4.69, 9.17) is 5.11 Å². The largest absolute Gasteiger partial charge is 0.478 e. The zero-order chi connectivity index (χ0) is 15.4. The molecule has 0 heterocycles. The van der Waals surface area contributed by atoms with Crippen LogP contribution in [0.3, 0.4) is 0 Å². The van der Waals surface area contributed by atoms with Gasteiger partial charge in [-0.25, -0.2) is 4.79 Å². The van der Waals surface area contributed by atoms with Crippen LogP contribution in [0.4, 0.5) is 20.2 Å². The fourth-order valence-corrected chi connectivity index (χ4v) is 1.91. The maximum absolute atomic E-state index is 12.3. The minimum atomic E-state index is -2.91. The number of alkyl halides is 2. The second-order valence-electron chi connectivity index (χ2n) is 4.33. The molecule has 2 aromatic carbocycles. The van der Waals surface area contributed by atoms with Gasteiger partial charge in [0.1, 0.15) is 5.75 Å². The third kappa shape index (κ3) is 3.68. The molecule has 4 nitrogen and oxygen atoms in total. The monoisotopic (exact) mass is 293 g/mol. The van der Waals surface area contributed by atoms with Gasteiger partial charge in [-0.1, -0.05) is 12.1 Å². The van der Waals surface area contributed by atoms with E-state index in [1.807, 2.05) is 0 Å². The number of aryl methyl sites for hydroxylation is 1. The van der Waals surface area contributed by atoms with Gasteiger partial charge in [0.15, 0.2) is 0 Å². The molecule has 6 heteroatoms. The summed E-state index contributed by atoms with van der Waals surface area (Å²) < 4.78 is 29.1. The van der Waals surface area contributed by atoms with Crippen LogP contribution in [-0.4, -0.2) is 17.7 Å². The summed E-state index contributed by atoms with van der Waals surface area (Å²) in [5.41, 5.74) is 1.72. The van der Waals surface area contributed by atoms with E-state index < -0.39 is 12.6 Å². The first-order valence-electron chi connectivity index (χ1n) is 6.12. The molecule has 2 aromatic rings. The molecule has 0 atom stereocenters. The Hall–Kier alpha value is -2.63. The van der Waals surface area contributed by atoms with Gasteiger partial charge in [0, 0.05) is 5.69 Å². The molecule has 0 unspecified atom stereocenters. The zero-order valence-electron chi connectivity index (χ0n) is 11.1. The van der Waals surface area contributed by atoms with Crippen molar-refractivity contribution in [1.29, 1.82) is 0 Å². The quantitative estimate of drug-likeness (QED) is 0.873. The van der Waals surface area contributed by atoms with Crippen molar-refractivity contribution in [3.8, 4) is 5.75 Å². The summed E-state index contributed by atoms with van der Waals surface area (Å²) >= 11 is 0. The number of halogens is 2. The third-order valence-corrected chi connectivity index (χ3v) is 2.84. The van der Waals surface area contributed by atoms with Crippen molar-refractivity contribution in [2.45, 2.75) is 13.5 Å². The molecule has 0 aliphatic heterocycles. The van der Waals surface area contributed by atoms with E-state index in [1.165, 1.54) is 12.1 Å². The van der Waals surface area contributed by atoms with Gasteiger partial charge in [-0.05, 0) is 42.8 Å². The normalized spacial score (nSPS) is 10.5. The predicted octanol–water partition coefficient (Wildman–Crippen LogP) is 4.04. The Labute approximate surface area is 120 Å². The first-order chi connectivity index (χ1) is 9.97. The molecule has 2 N–H and O–H groups in total. The van der Waals surface area contributed by atoms with Crippen LogP contribution in [0.25, 0.3) is 0 Å². The van der Waals surface area contributed by atoms with Gasteiger partial charge in [-0.15, -0.1) is 0 Å². The topological polar surface area (TPSA) is 58.6 Å². The predicted molar refractivity (Wildman–Crippen MR) is 74.5 cm³/mol. The lowest BCUT2D eigenvalue weighted by Crippen LogP contribution is -2.05. The molecule has 110 valence electrons. The van der Waals surface area contributed by atoms with E-state index >= 15 is 0 Å². The molecule has 2 rings (SSSR count). The molecular formula is C15H13F2NO3. The molecule has 0 aliphatic rings. The van der Waals surface area contributed by atoms with Crippen LogP contribution in [0.5, 0.6) is 5.75 Å². The number of carboxylic acid groups (broad SMARTS) is 1. The fraction of sp³-hybridized carbons (Fsp3) is 0.133. The number of carbonyl (C=O) groups is 1. The van der Waals surface area contributed by atoms with Crippen LogP contribution in [-0.2, 0) is 0 Å². The van der Waals surface area contributed by atoms with Gasteiger partial charge >= 0.3 is 12.6 Å². The van der Waals surface area contributed by atoms with Crippen molar-refractivity contribution in [3.05, 3.63) is 53.6 Å². The molecule has 0 saturated carbocycles. The summed E-state index contributed by atoms with van der Waals surface area (Å²) in [6, 6.07) is 10.9. The van der Waals surface area contributed by atoms with Crippen LogP contribution in [0.2, 0.25) is 0 Å². The number of nitrogens with one attached hydrogen (secondary N) is 1. The average molecular weight is 293 g/mol. The first kappa shape index (κ1) is 14.8. The van der Waals surface area contributed by atoms with Gasteiger partial charge in [0.2, 0.25) is 0 Å². The second-order valence-corrected chi connectivity index (χ2v) is 4.33. The number of anilines is 2. The van der Waals surface area contributed by atoms with Crippen LogP contribution in [0, 0.1) is 6.92 Å². The Bertz CT molecular complexity index is 659. The van der Waals surface area contributed by atoms with E-state index in [0.717, 1.165) is 0 Å². The van der Waals surface area contributed by atoms with Crippen molar-refractivity contribution in [3.63, 3.8) is 0 Å². The van der Waals surface area contributed by atoms with E-state index in [2.05, 4.69) is 10.1 Å². The Morgan fingerprint density at radius 3 is 2.57 bits per heavy atom. The number of hydrogen-bond donors (Lipinski definition) is 2. The third-order valence-electron chi connectivity index (χ3n) is 2.84. The summed E-state index contributed by atoms with van der Waals surface area (Å²) in [7, 11) is 0. The highest BCUT2D eigenvalue weighted by molar-refractivity contribution is 5.90. The van der Waals surface area contributed by atoms with Crippen LogP contribution < -0.4 is 10.1 Å². The second kappa shape index (κ2) is 6.21. The van der Waals surface area contributed by atoms with Crippen LogP contribution in [0.1, 0.15) is 15.9 Å². The van der Waals surface area contributed by atoms with Crippen molar-refractivity contribution in [2.24, 2.45) is 0 Å². The highest BCUT2D eigenvalue weighted by Crippen LogP contribution is 2.29. The lowest BCUT2D eigenvalue weighted by molar-refractivity contribution is -0.0493. The number of carboxylic acids is 1. The number of rotatable bonds is 5. The molecule has 0 aromatic heterocycles. The number of para-hydroxylation sites is 2. The van der Waals surface area contributed by atoms with Crippen molar-refractivity contribution in [2.75, 3.05) is 5.32 Å². The van der Waals surface area contributed by atoms with E-state index in [0.29, 0.717) is 16.9 Å². The summed E-state index contributed by atoms with van der Waals surface area (Å²) in [6.07, 6.45) is 0. The van der Waals surface area contributed by atoms with Crippen molar-refractivity contribution >= 4 is 17.3 Å². The summed E-state index contributed by atoms with van der Waals surface area (Å²) in [5, 5.41) is 11.9. The molecule has 0 aliphatic carbocycles. The van der Waals surface area contributed by atoms with E-state index in [9.17, 15) is 13.6 Å². The first-order valence-corrected chi connectivity index (χ1v) is 6.12. The summed E-state index contributed by atoms with van der Waals surface area (Å²) in [4.78, 5) is 10.9. The molecule has 0 amide bonds. The smallest absolute Gasteiger partial charge is 0.387 e. The summed E-state index contributed by atoms with van der Waals surface area (Å²) in [5.74, 6) is -0.993. The minimum absolute atomic E-state index is 0.0208. The highest BCUT2D eigenvalue weighted by atomic mass is 19.3. The molecule has 0 saturated heterocycles. The Morgan fingerprint density at radius 2 is 1.95 bits per heavy atom. The number of benzene rings is 2. The Morgan fingerprint density at radius 1 is 1.24 bits per heavy atom. The maximum Gasteiger partial charge on any atom is 0.387 e. The maximum atomic E-state index is 12.3. The Balaban J connectivity index is 2.26. The van der Waals surface area contributed by atoms with E-state index in [-0.39, 0.29) is 11.3 Å². The molecule has 0 radical (unpaired) electrons. The van der Waals surface area contributed by atoms with Gasteiger partial charge in [0.05, 0.1) is 11.3 Å². The number of aromatic carboxylic acids is 1. The minimum Gasteiger partial charge on any atom is -0.478 e. The van der Waals surface area contributed by atoms with Gasteiger partial charge in [-0.2, -0.15) is 8.78 Å². The zero-order valence-corrected chi connectivity index (χ0v) is 11.1. The van der Waals surface area contributed by atoms with Crippen molar-refractivity contribution < 1.29 is 23.4 Å². The van der Waals surface area contributed by atoms with Crippen LogP contribution in [0.15, 0.2) is 42.5 Å². The van der Waals surface area contributed by atoms with Gasteiger partial charge in [-0.3, -0.25) is 0 Å². The lowest BCUT2D eigenvalue weighted by atomic mass is 10.1. The fourth-order valence-electron chi connectivity index (χ4n) is 1.91. The van der Waals surface area contributed by atoms with E-state index in [1.54, 1.807) is 37.3 Å². The number of hydrogen-bond acceptors (Lipinski definition) is 3. The molecule has 21 heavy (non-hydrogen) atoms. The Kier molecular flexibility index (Phi) is 4.37. The SMILES string of the molecule is Cc1cc(Nc2ccccc2OC(F)F)ccc1C(=O)O. The molecule has 0 bridgehead atoms. The summed E-state index contributed by atoms with van der Waals surface area (Å²) in [6.45, 7) is -1.25. The standard InChI is InChI=1S/C15H13F2NO3/c1-9-8-10(6-7-11(9)14(19)20)18-12-4-2-3-5-13(12)21-15(16)17/h2-8,15,18H,1H3,(H,19,20). The van der Waals surface area contributed by atoms with Gasteiger partial charge < -0.3 is 15.2 Å². The van der Waals surface area contributed by atoms with Crippen molar-refractivity contribution in [1.82, 2.24) is 0 Å². The highest BCUT2D eigenvalue weighted by Gasteiger charge is 2.11. The van der Waals surface area contributed by atoms with Gasteiger partial charge in [0.25, 0.3) is 0 Å². The molecule has 0 spiro atoms. The van der Waals surface area contributed by atoms with Crippen LogP contribution >= 0.6 is 0 Å². The lowest BCUT2D eigenvalue weighted by Gasteiger charge is -2.13.